The van der Waals surface area contributed by atoms with Crippen molar-refractivity contribution in [2.24, 2.45) is 11.7 Å². The molecule has 1 fully saturated rings. The predicted octanol–water partition coefficient (Wildman–Crippen LogP) is 3.49. The quantitative estimate of drug-likeness (QED) is 0.722. The van der Waals surface area contributed by atoms with Crippen LogP contribution in [-0.4, -0.2) is 18.8 Å². The summed E-state index contributed by atoms with van der Waals surface area (Å²) in [4.78, 5) is 0. The molecular formula is C14H29NO. The van der Waals surface area contributed by atoms with Crippen molar-refractivity contribution in [3.8, 4) is 0 Å². The minimum absolute atomic E-state index is 0.00895. The van der Waals surface area contributed by atoms with Crippen LogP contribution in [0.4, 0.5) is 0 Å². The fraction of sp³-hybridized carbons (Fsp3) is 1.00. The maximum Gasteiger partial charge on any atom is 0.0623 e. The Balaban J connectivity index is 2.08. The van der Waals surface area contributed by atoms with Crippen LogP contribution in [0.2, 0.25) is 0 Å². The lowest BCUT2D eigenvalue weighted by atomic mass is 9.93. The summed E-state index contributed by atoms with van der Waals surface area (Å²) in [6.45, 7) is 4.27. The Kier molecular flexibility index (Phi) is 5.77. The maximum atomic E-state index is 6.16. The van der Waals surface area contributed by atoms with Crippen molar-refractivity contribution in [1.29, 1.82) is 0 Å². The third-order valence-corrected chi connectivity index (χ3v) is 4.09. The molecule has 2 nitrogen and oxygen atoms in total. The van der Waals surface area contributed by atoms with Gasteiger partial charge >= 0.3 is 0 Å². The average Bonchev–Trinajstić information content (AvgIpc) is 2.76. The molecule has 0 spiro atoms. The predicted molar refractivity (Wildman–Crippen MR) is 69.5 cm³/mol. The number of rotatable bonds is 7. The number of ether oxygens (including phenoxy) is 1. The summed E-state index contributed by atoms with van der Waals surface area (Å²) in [5.74, 6) is 0.974. The molecule has 1 saturated carbocycles. The van der Waals surface area contributed by atoms with E-state index < -0.39 is 0 Å². The Morgan fingerprint density at radius 1 is 1.25 bits per heavy atom. The van der Waals surface area contributed by atoms with E-state index in [1.165, 1.54) is 38.5 Å². The molecule has 16 heavy (non-hydrogen) atoms. The first-order valence-corrected chi connectivity index (χ1v) is 6.84. The monoisotopic (exact) mass is 227 g/mol. The van der Waals surface area contributed by atoms with Crippen LogP contribution in [0.5, 0.6) is 0 Å². The number of hydrogen-bond donors (Lipinski definition) is 1. The van der Waals surface area contributed by atoms with Gasteiger partial charge in [0, 0.05) is 13.2 Å². The molecule has 2 heteroatoms. The summed E-state index contributed by atoms with van der Waals surface area (Å²) < 4.78 is 5.41. The molecule has 0 aromatic carbocycles. The smallest absolute Gasteiger partial charge is 0.0623 e. The van der Waals surface area contributed by atoms with E-state index in [-0.39, 0.29) is 5.60 Å². The van der Waals surface area contributed by atoms with E-state index in [1.807, 2.05) is 0 Å². The second kappa shape index (κ2) is 6.61. The molecule has 1 rings (SSSR count). The van der Waals surface area contributed by atoms with Gasteiger partial charge in [0.15, 0.2) is 0 Å². The van der Waals surface area contributed by atoms with E-state index in [2.05, 4.69) is 13.8 Å². The number of hydrogen-bond acceptors (Lipinski definition) is 2. The zero-order chi connectivity index (χ0) is 12.0. The highest BCUT2D eigenvalue weighted by molar-refractivity contribution is 4.74. The van der Waals surface area contributed by atoms with Gasteiger partial charge in [-0.1, -0.05) is 25.7 Å². The first kappa shape index (κ1) is 14.0. The molecule has 0 radical (unpaired) electrons. The van der Waals surface area contributed by atoms with Crippen LogP contribution in [0.3, 0.4) is 0 Å². The molecule has 1 aliphatic rings. The summed E-state index contributed by atoms with van der Waals surface area (Å²) in [6.07, 6.45) is 10.5. The summed E-state index contributed by atoms with van der Waals surface area (Å²) in [6, 6.07) is 0.370. The Bertz CT molecular complexity index is 185. The van der Waals surface area contributed by atoms with Crippen LogP contribution in [0, 0.1) is 5.92 Å². The fourth-order valence-electron chi connectivity index (χ4n) is 2.53. The van der Waals surface area contributed by atoms with Crippen molar-refractivity contribution in [3.05, 3.63) is 0 Å². The molecule has 0 aromatic heterocycles. The summed E-state index contributed by atoms with van der Waals surface area (Å²) >= 11 is 0. The molecule has 1 aliphatic carbocycles. The molecule has 2 N–H and O–H groups in total. The summed E-state index contributed by atoms with van der Waals surface area (Å²) in [5, 5.41) is 0. The van der Waals surface area contributed by atoms with Gasteiger partial charge in [0.1, 0.15) is 0 Å². The Labute approximate surface area is 101 Å². The van der Waals surface area contributed by atoms with E-state index in [0.717, 1.165) is 18.8 Å². The lowest BCUT2D eigenvalue weighted by molar-refractivity contribution is 0.0122. The largest absolute Gasteiger partial charge is 0.379 e. The van der Waals surface area contributed by atoms with Gasteiger partial charge in [-0.2, -0.15) is 0 Å². The number of methoxy groups -OCH3 is 1. The maximum absolute atomic E-state index is 6.16. The minimum Gasteiger partial charge on any atom is -0.379 e. The average molecular weight is 227 g/mol. The van der Waals surface area contributed by atoms with E-state index in [4.69, 9.17) is 10.5 Å². The Hall–Kier alpha value is -0.0800. The Morgan fingerprint density at radius 3 is 2.44 bits per heavy atom. The molecule has 1 atom stereocenters. The molecule has 0 bridgehead atoms. The topological polar surface area (TPSA) is 35.2 Å². The van der Waals surface area contributed by atoms with Gasteiger partial charge in [-0.05, 0) is 45.4 Å². The first-order valence-electron chi connectivity index (χ1n) is 6.84. The fourth-order valence-corrected chi connectivity index (χ4v) is 2.53. The minimum atomic E-state index is -0.00895. The third-order valence-electron chi connectivity index (χ3n) is 4.09. The van der Waals surface area contributed by atoms with Crippen molar-refractivity contribution in [2.75, 3.05) is 7.11 Å². The zero-order valence-electron chi connectivity index (χ0n) is 11.3. The van der Waals surface area contributed by atoms with Crippen molar-refractivity contribution in [1.82, 2.24) is 0 Å². The highest BCUT2D eigenvalue weighted by Crippen LogP contribution is 2.29. The van der Waals surface area contributed by atoms with Crippen LogP contribution < -0.4 is 5.73 Å². The zero-order valence-corrected chi connectivity index (χ0v) is 11.3. The van der Waals surface area contributed by atoms with Gasteiger partial charge in [0.25, 0.3) is 0 Å². The van der Waals surface area contributed by atoms with Crippen LogP contribution >= 0.6 is 0 Å². The van der Waals surface area contributed by atoms with Crippen LogP contribution in [-0.2, 0) is 4.74 Å². The van der Waals surface area contributed by atoms with Crippen molar-refractivity contribution in [2.45, 2.75) is 76.9 Å². The third kappa shape index (κ3) is 5.31. The molecule has 0 amide bonds. The molecule has 0 heterocycles. The summed E-state index contributed by atoms with van der Waals surface area (Å²) in [7, 11) is 1.78. The van der Waals surface area contributed by atoms with Gasteiger partial charge in [-0.3, -0.25) is 0 Å². The first-order chi connectivity index (χ1) is 7.53. The van der Waals surface area contributed by atoms with Crippen molar-refractivity contribution >= 4 is 0 Å². The van der Waals surface area contributed by atoms with Gasteiger partial charge in [-0.25, -0.2) is 0 Å². The highest BCUT2D eigenvalue weighted by Gasteiger charge is 2.19. The normalized spacial score (nSPS) is 20.2. The molecule has 0 aliphatic heterocycles. The second-order valence-electron chi connectivity index (χ2n) is 5.99. The van der Waals surface area contributed by atoms with E-state index in [1.54, 1.807) is 7.11 Å². The lowest BCUT2D eigenvalue weighted by Gasteiger charge is -2.24. The standard InChI is InChI=1S/C14H29NO/c1-14(2,16-3)11-10-13(15)9-8-12-6-4-5-7-12/h12-13H,4-11,15H2,1-3H3. The lowest BCUT2D eigenvalue weighted by Crippen LogP contribution is -2.28. The van der Waals surface area contributed by atoms with Gasteiger partial charge < -0.3 is 10.5 Å². The van der Waals surface area contributed by atoms with E-state index >= 15 is 0 Å². The summed E-state index contributed by atoms with van der Waals surface area (Å²) in [5.41, 5.74) is 6.15. The molecule has 0 aromatic rings. The van der Waals surface area contributed by atoms with Crippen LogP contribution in [0.15, 0.2) is 0 Å². The molecule has 1 unspecified atom stereocenters. The van der Waals surface area contributed by atoms with E-state index in [0.29, 0.717) is 6.04 Å². The van der Waals surface area contributed by atoms with Gasteiger partial charge in [0.2, 0.25) is 0 Å². The van der Waals surface area contributed by atoms with Crippen molar-refractivity contribution in [3.63, 3.8) is 0 Å². The van der Waals surface area contributed by atoms with Gasteiger partial charge in [0.05, 0.1) is 5.60 Å². The van der Waals surface area contributed by atoms with Gasteiger partial charge in [-0.15, -0.1) is 0 Å². The SMILES string of the molecule is COC(C)(C)CCC(N)CCC1CCCC1. The second-order valence-corrected chi connectivity index (χ2v) is 5.99. The molecule has 0 saturated heterocycles. The van der Waals surface area contributed by atoms with Crippen LogP contribution in [0.25, 0.3) is 0 Å². The van der Waals surface area contributed by atoms with Crippen molar-refractivity contribution < 1.29 is 4.74 Å². The Morgan fingerprint density at radius 2 is 1.88 bits per heavy atom. The van der Waals surface area contributed by atoms with E-state index in [9.17, 15) is 0 Å². The molecule has 96 valence electrons. The number of nitrogens with two attached hydrogens (primary N) is 1. The van der Waals surface area contributed by atoms with Crippen LogP contribution in [0.1, 0.15) is 65.2 Å². The molecular weight excluding hydrogens is 198 g/mol. The highest BCUT2D eigenvalue weighted by atomic mass is 16.5.